The van der Waals surface area contributed by atoms with Crippen LogP contribution in [0, 0.1) is 6.92 Å². The maximum absolute atomic E-state index is 11.2. The van der Waals surface area contributed by atoms with E-state index in [1.165, 1.54) is 0 Å². The van der Waals surface area contributed by atoms with Crippen molar-refractivity contribution >= 4 is 17.2 Å². The third kappa shape index (κ3) is 3.85. The predicted octanol–water partition coefficient (Wildman–Crippen LogP) is 0.677. The van der Waals surface area contributed by atoms with Gasteiger partial charge in [-0.25, -0.2) is 4.98 Å². The molecule has 0 saturated carbocycles. The van der Waals surface area contributed by atoms with E-state index in [2.05, 4.69) is 15.6 Å². The Morgan fingerprint density at radius 3 is 3.00 bits per heavy atom. The first-order chi connectivity index (χ1) is 6.72. The van der Waals surface area contributed by atoms with E-state index in [9.17, 15) is 4.79 Å². The van der Waals surface area contributed by atoms with Crippen molar-refractivity contribution in [2.75, 3.05) is 13.1 Å². The van der Waals surface area contributed by atoms with E-state index >= 15 is 0 Å². The van der Waals surface area contributed by atoms with Crippen LogP contribution >= 0.6 is 11.3 Å². The molecule has 0 aliphatic carbocycles. The Hall–Kier alpha value is -0.940. The molecule has 0 aliphatic heterocycles. The summed E-state index contributed by atoms with van der Waals surface area (Å²) in [4.78, 5) is 15.4. The summed E-state index contributed by atoms with van der Waals surface area (Å²) in [6.07, 6.45) is 0. The molecule has 0 radical (unpaired) electrons. The van der Waals surface area contributed by atoms with Crippen LogP contribution in [0.1, 0.15) is 17.6 Å². The molecule has 78 valence electrons. The van der Waals surface area contributed by atoms with Gasteiger partial charge in [-0.3, -0.25) is 4.79 Å². The van der Waals surface area contributed by atoms with Crippen molar-refractivity contribution in [2.24, 2.45) is 0 Å². The minimum absolute atomic E-state index is 0.0116. The first-order valence-electron chi connectivity index (χ1n) is 4.60. The lowest BCUT2D eigenvalue weighted by Gasteiger charge is -2.02. The zero-order valence-electron chi connectivity index (χ0n) is 8.46. The van der Waals surface area contributed by atoms with E-state index in [-0.39, 0.29) is 5.91 Å². The van der Waals surface area contributed by atoms with Crippen LogP contribution in [0.2, 0.25) is 0 Å². The minimum Gasteiger partial charge on any atom is -0.349 e. The number of carbonyl (C=O) groups excluding carboxylic acids is 1. The average Bonchev–Trinajstić information content (AvgIpc) is 2.58. The summed E-state index contributed by atoms with van der Waals surface area (Å²) < 4.78 is 0. The Balaban J connectivity index is 2.23. The normalized spacial score (nSPS) is 10.1. The lowest BCUT2D eigenvalue weighted by molar-refractivity contribution is -0.120. The lowest BCUT2D eigenvalue weighted by atomic mass is 10.4. The summed E-state index contributed by atoms with van der Waals surface area (Å²) >= 11 is 1.60. The second kappa shape index (κ2) is 5.72. The van der Waals surface area contributed by atoms with E-state index in [1.807, 2.05) is 19.2 Å². The van der Waals surface area contributed by atoms with E-state index < -0.39 is 0 Å². The van der Waals surface area contributed by atoms with Crippen molar-refractivity contribution in [3.63, 3.8) is 0 Å². The molecule has 4 nitrogen and oxygen atoms in total. The van der Waals surface area contributed by atoms with Gasteiger partial charge in [0.05, 0.1) is 23.8 Å². The maximum Gasteiger partial charge on any atom is 0.234 e. The molecule has 1 aromatic heterocycles. The largest absolute Gasteiger partial charge is 0.349 e. The van der Waals surface area contributed by atoms with Crippen LogP contribution in [0.25, 0.3) is 0 Å². The van der Waals surface area contributed by atoms with Gasteiger partial charge in [0.15, 0.2) is 0 Å². The number of aromatic nitrogens is 1. The molecule has 0 aromatic carbocycles. The molecule has 1 rings (SSSR count). The van der Waals surface area contributed by atoms with Gasteiger partial charge in [0, 0.05) is 5.38 Å². The summed E-state index contributed by atoms with van der Waals surface area (Å²) in [5.74, 6) is 0.0116. The molecule has 1 aromatic rings. The quantitative estimate of drug-likeness (QED) is 0.756. The van der Waals surface area contributed by atoms with Gasteiger partial charge in [0.1, 0.15) is 0 Å². The second-order valence-electron chi connectivity index (χ2n) is 2.91. The highest BCUT2D eigenvalue weighted by Crippen LogP contribution is 2.06. The first-order valence-corrected chi connectivity index (χ1v) is 5.48. The fourth-order valence-electron chi connectivity index (χ4n) is 0.980. The molecule has 1 amide bonds. The molecule has 1 heterocycles. The van der Waals surface area contributed by atoms with E-state index in [4.69, 9.17) is 0 Å². The number of likely N-dealkylation sites (N-methyl/N-ethyl adjacent to an activating group) is 1. The summed E-state index contributed by atoms with van der Waals surface area (Å²) in [7, 11) is 0. The average molecular weight is 213 g/mol. The predicted molar refractivity (Wildman–Crippen MR) is 57.2 cm³/mol. The highest BCUT2D eigenvalue weighted by molar-refractivity contribution is 7.09. The van der Waals surface area contributed by atoms with Crippen molar-refractivity contribution in [1.29, 1.82) is 0 Å². The number of nitrogens with one attached hydrogen (secondary N) is 2. The molecule has 0 saturated heterocycles. The van der Waals surface area contributed by atoms with Crippen LogP contribution in [0.5, 0.6) is 0 Å². The Morgan fingerprint density at radius 1 is 1.64 bits per heavy atom. The molecule has 0 atom stereocenters. The number of thiazole rings is 1. The number of carbonyl (C=O) groups is 1. The van der Waals surface area contributed by atoms with E-state index in [1.54, 1.807) is 11.3 Å². The van der Waals surface area contributed by atoms with Gasteiger partial charge in [0.2, 0.25) is 5.91 Å². The number of hydrogen-bond acceptors (Lipinski definition) is 4. The molecule has 0 bridgehead atoms. The SMILES string of the molecule is CCNCC(=O)NCc1csc(C)n1. The second-order valence-corrected chi connectivity index (χ2v) is 3.98. The third-order valence-corrected chi connectivity index (χ3v) is 2.49. The van der Waals surface area contributed by atoms with Crippen molar-refractivity contribution in [3.8, 4) is 0 Å². The molecule has 14 heavy (non-hydrogen) atoms. The Morgan fingerprint density at radius 2 is 2.43 bits per heavy atom. The van der Waals surface area contributed by atoms with Gasteiger partial charge in [-0.1, -0.05) is 6.92 Å². The molecule has 0 fully saturated rings. The number of hydrogen-bond donors (Lipinski definition) is 2. The van der Waals surface area contributed by atoms with Gasteiger partial charge in [0.25, 0.3) is 0 Å². The highest BCUT2D eigenvalue weighted by Gasteiger charge is 2.01. The van der Waals surface area contributed by atoms with Crippen LogP contribution in [0.4, 0.5) is 0 Å². The van der Waals surface area contributed by atoms with Gasteiger partial charge >= 0.3 is 0 Å². The topological polar surface area (TPSA) is 54.0 Å². The zero-order valence-corrected chi connectivity index (χ0v) is 9.28. The van der Waals surface area contributed by atoms with Crippen molar-refractivity contribution < 1.29 is 4.79 Å². The van der Waals surface area contributed by atoms with Gasteiger partial charge < -0.3 is 10.6 Å². The minimum atomic E-state index is 0.0116. The Kier molecular flexibility index (Phi) is 4.55. The van der Waals surface area contributed by atoms with Gasteiger partial charge in [-0.2, -0.15) is 0 Å². The summed E-state index contributed by atoms with van der Waals surface area (Å²) in [5.41, 5.74) is 0.928. The van der Waals surface area contributed by atoms with Crippen LogP contribution in [-0.4, -0.2) is 24.0 Å². The van der Waals surface area contributed by atoms with Crippen LogP contribution in [0.3, 0.4) is 0 Å². The third-order valence-electron chi connectivity index (χ3n) is 1.67. The number of nitrogens with zero attached hydrogens (tertiary/aromatic N) is 1. The van der Waals surface area contributed by atoms with Crippen LogP contribution in [-0.2, 0) is 11.3 Å². The van der Waals surface area contributed by atoms with Crippen LogP contribution in [0.15, 0.2) is 5.38 Å². The molecular formula is C9H15N3OS. The molecule has 0 aliphatic rings. The van der Waals surface area contributed by atoms with E-state index in [0.29, 0.717) is 13.1 Å². The number of rotatable bonds is 5. The summed E-state index contributed by atoms with van der Waals surface area (Å²) in [6, 6.07) is 0. The fourth-order valence-corrected chi connectivity index (χ4v) is 1.59. The number of amides is 1. The Labute approximate surface area is 87.7 Å². The lowest BCUT2D eigenvalue weighted by Crippen LogP contribution is -2.33. The fraction of sp³-hybridized carbons (Fsp3) is 0.556. The number of aryl methyl sites for hydroxylation is 1. The molecular weight excluding hydrogens is 198 g/mol. The van der Waals surface area contributed by atoms with Crippen molar-refractivity contribution in [2.45, 2.75) is 20.4 Å². The van der Waals surface area contributed by atoms with E-state index in [0.717, 1.165) is 17.2 Å². The maximum atomic E-state index is 11.2. The van der Waals surface area contributed by atoms with Crippen LogP contribution < -0.4 is 10.6 Å². The smallest absolute Gasteiger partial charge is 0.234 e. The monoisotopic (exact) mass is 213 g/mol. The summed E-state index contributed by atoms with van der Waals surface area (Å²) in [5, 5.41) is 8.74. The first kappa shape index (κ1) is 11.1. The highest BCUT2D eigenvalue weighted by atomic mass is 32.1. The van der Waals surface area contributed by atoms with Gasteiger partial charge in [-0.05, 0) is 13.5 Å². The standard InChI is InChI=1S/C9H15N3OS/c1-3-10-5-9(13)11-4-8-6-14-7(2)12-8/h6,10H,3-5H2,1-2H3,(H,11,13). The summed E-state index contributed by atoms with van der Waals surface area (Å²) in [6.45, 7) is 5.63. The van der Waals surface area contributed by atoms with Crippen molar-refractivity contribution in [1.82, 2.24) is 15.6 Å². The Bertz CT molecular complexity index is 298. The molecule has 0 unspecified atom stereocenters. The molecule has 2 N–H and O–H groups in total. The molecule has 5 heteroatoms. The zero-order chi connectivity index (χ0) is 10.4. The molecule has 0 spiro atoms. The van der Waals surface area contributed by atoms with Gasteiger partial charge in [-0.15, -0.1) is 11.3 Å². The van der Waals surface area contributed by atoms with Crippen molar-refractivity contribution in [3.05, 3.63) is 16.1 Å².